The number of anilines is 1. The van der Waals surface area contributed by atoms with Crippen LogP contribution in [-0.4, -0.2) is 45.9 Å². The Bertz CT molecular complexity index is 744. The lowest BCUT2D eigenvalue weighted by Crippen LogP contribution is -2.33. The average Bonchev–Trinajstić information content (AvgIpc) is 2.85. The highest BCUT2D eigenvalue weighted by Gasteiger charge is 2.35. The second-order valence-corrected chi connectivity index (χ2v) is 4.98. The number of benzene rings is 1. The van der Waals surface area contributed by atoms with Crippen LogP contribution in [-0.2, 0) is 9.53 Å². The number of fused-ring (bicyclic) bond motifs is 1. The molecule has 1 aliphatic heterocycles. The molecule has 1 aromatic carbocycles. The van der Waals surface area contributed by atoms with Gasteiger partial charge in [-0.1, -0.05) is 12.1 Å². The number of hydrogen-bond donors (Lipinski definition) is 1. The maximum absolute atomic E-state index is 12.1. The number of carbonyl (C=O) groups excluding carboxylic acids is 3. The first-order chi connectivity index (χ1) is 11.7. The van der Waals surface area contributed by atoms with Gasteiger partial charge in [-0.15, -0.1) is 0 Å². The second kappa shape index (κ2) is 6.86. The van der Waals surface area contributed by atoms with Gasteiger partial charge in [0.2, 0.25) is 5.95 Å². The van der Waals surface area contributed by atoms with E-state index in [4.69, 9.17) is 4.74 Å². The van der Waals surface area contributed by atoms with Crippen molar-refractivity contribution in [3.8, 4) is 0 Å². The number of esters is 1. The maximum Gasteiger partial charge on any atom is 0.309 e. The summed E-state index contributed by atoms with van der Waals surface area (Å²) >= 11 is 0. The number of nitrogens with one attached hydrogen (secondary N) is 1. The molecule has 2 amide bonds. The van der Waals surface area contributed by atoms with Crippen molar-refractivity contribution >= 4 is 23.7 Å². The van der Waals surface area contributed by atoms with Gasteiger partial charge in [0.05, 0.1) is 17.5 Å². The maximum atomic E-state index is 12.1. The van der Waals surface area contributed by atoms with E-state index in [1.165, 1.54) is 0 Å². The largest absolute Gasteiger partial charge is 0.444 e. The zero-order valence-corrected chi connectivity index (χ0v) is 12.6. The molecule has 0 saturated heterocycles. The molecule has 0 bridgehead atoms. The number of imide groups is 1. The van der Waals surface area contributed by atoms with Crippen LogP contribution < -0.4 is 5.32 Å². The summed E-state index contributed by atoms with van der Waals surface area (Å²) in [6.07, 6.45) is 3.22. The zero-order chi connectivity index (χ0) is 16.9. The quantitative estimate of drug-likeness (QED) is 0.626. The van der Waals surface area contributed by atoms with Crippen molar-refractivity contribution < 1.29 is 19.1 Å². The van der Waals surface area contributed by atoms with E-state index in [1.54, 1.807) is 42.7 Å². The van der Waals surface area contributed by atoms with Crippen LogP contribution in [0.1, 0.15) is 27.1 Å². The molecule has 122 valence electrons. The predicted molar refractivity (Wildman–Crippen MR) is 83.0 cm³/mol. The first kappa shape index (κ1) is 15.6. The van der Waals surface area contributed by atoms with Crippen LogP contribution >= 0.6 is 0 Å². The van der Waals surface area contributed by atoms with Crippen LogP contribution in [0, 0.1) is 0 Å². The Kier molecular flexibility index (Phi) is 4.46. The van der Waals surface area contributed by atoms with E-state index in [0.29, 0.717) is 17.1 Å². The molecule has 8 heteroatoms. The van der Waals surface area contributed by atoms with Crippen molar-refractivity contribution in [3.63, 3.8) is 0 Å². The lowest BCUT2D eigenvalue weighted by Gasteiger charge is -2.14. The van der Waals surface area contributed by atoms with Crippen molar-refractivity contribution in [3.05, 3.63) is 53.9 Å². The number of hydrogen-bond acceptors (Lipinski definition) is 7. The Labute approximate surface area is 137 Å². The van der Waals surface area contributed by atoms with Gasteiger partial charge in [-0.3, -0.25) is 14.4 Å². The third kappa shape index (κ3) is 3.22. The molecule has 1 N–H and O–H groups in total. The van der Waals surface area contributed by atoms with Crippen molar-refractivity contribution in [1.82, 2.24) is 14.9 Å². The average molecular weight is 326 g/mol. The van der Waals surface area contributed by atoms with Gasteiger partial charge in [0.1, 0.15) is 0 Å². The van der Waals surface area contributed by atoms with Crippen LogP contribution in [0.15, 0.2) is 42.7 Å². The molecule has 3 rings (SSSR count). The lowest BCUT2D eigenvalue weighted by atomic mass is 10.1. The number of aromatic nitrogens is 2. The molecule has 0 atom stereocenters. The summed E-state index contributed by atoms with van der Waals surface area (Å²) in [5, 5.41) is 2.86. The first-order valence-electron chi connectivity index (χ1n) is 7.28. The van der Waals surface area contributed by atoms with Gasteiger partial charge in [-0.05, 0) is 18.2 Å². The van der Waals surface area contributed by atoms with Crippen molar-refractivity contribution in [1.29, 1.82) is 0 Å². The lowest BCUT2D eigenvalue weighted by molar-refractivity contribution is -0.145. The summed E-state index contributed by atoms with van der Waals surface area (Å²) < 4.78 is 5.00. The summed E-state index contributed by atoms with van der Waals surface area (Å²) in [6.45, 7) is -0.113. The SMILES string of the molecule is O=C(CCNc1ncccn1)OCN1C(=O)c2ccccc2C1=O. The summed E-state index contributed by atoms with van der Waals surface area (Å²) in [6, 6.07) is 8.18. The van der Waals surface area contributed by atoms with Crippen LogP contribution in [0.3, 0.4) is 0 Å². The number of nitrogens with zero attached hydrogens (tertiary/aromatic N) is 3. The topological polar surface area (TPSA) is 101 Å². The van der Waals surface area contributed by atoms with Crippen LogP contribution in [0.25, 0.3) is 0 Å². The van der Waals surface area contributed by atoms with E-state index in [0.717, 1.165) is 4.90 Å². The Morgan fingerprint density at radius 1 is 1.04 bits per heavy atom. The predicted octanol–water partition coefficient (Wildman–Crippen LogP) is 1.08. The van der Waals surface area contributed by atoms with Crippen molar-refractivity contribution in [2.75, 3.05) is 18.6 Å². The fourth-order valence-corrected chi connectivity index (χ4v) is 2.23. The third-order valence-electron chi connectivity index (χ3n) is 3.41. The van der Waals surface area contributed by atoms with Crippen molar-refractivity contribution in [2.45, 2.75) is 6.42 Å². The molecule has 8 nitrogen and oxygen atoms in total. The zero-order valence-electron chi connectivity index (χ0n) is 12.6. The fourth-order valence-electron chi connectivity index (χ4n) is 2.23. The fraction of sp³-hybridized carbons (Fsp3) is 0.188. The number of amides is 2. The highest BCUT2D eigenvalue weighted by molar-refractivity contribution is 6.21. The smallest absolute Gasteiger partial charge is 0.309 e. The molecule has 0 unspecified atom stereocenters. The van der Waals surface area contributed by atoms with E-state index >= 15 is 0 Å². The van der Waals surface area contributed by atoms with Gasteiger partial charge >= 0.3 is 5.97 Å². The summed E-state index contributed by atoms with van der Waals surface area (Å²) in [4.78, 5) is 44.8. The minimum absolute atomic E-state index is 0.0570. The Morgan fingerprint density at radius 3 is 2.29 bits per heavy atom. The van der Waals surface area contributed by atoms with Gasteiger partial charge < -0.3 is 10.1 Å². The standard InChI is InChI=1S/C16H14N4O4/c21-13(6-9-19-16-17-7-3-8-18-16)24-10-20-14(22)11-4-1-2-5-12(11)15(20)23/h1-5,7-8H,6,9-10H2,(H,17,18,19). The molecule has 2 heterocycles. The summed E-state index contributed by atoms with van der Waals surface area (Å²) in [5.74, 6) is -1.04. The highest BCUT2D eigenvalue weighted by atomic mass is 16.5. The van der Waals surface area contributed by atoms with E-state index in [9.17, 15) is 14.4 Å². The third-order valence-corrected chi connectivity index (χ3v) is 3.41. The summed E-state index contributed by atoms with van der Waals surface area (Å²) in [7, 11) is 0. The highest BCUT2D eigenvalue weighted by Crippen LogP contribution is 2.22. The Morgan fingerprint density at radius 2 is 1.67 bits per heavy atom. The Balaban J connectivity index is 1.47. The second-order valence-electron chi connectivity index (χ2n) is 4.98. The van der Waals surface area contributed by atoms with Crippen LogP contribution in [0.2, 0.25) is 0 Å². The molecule has 0 fully saturated rings. The molecule has 2 aromatic rings. The molecule has 0 saturated carbocycles. The van der Waals surface area contributed by atoms with E-state index in [1.807, 2.05) is 0 Å². The van der Waals surface area contributed by atoms with E-state index in [-0.39, 0.29) is 13.0 Å². The van der Waals surface area contributed by atoms with Gasteiger partial charge in [-0.2, -0.15) is 0 Å². The van der Waals surface area contributed by atoms with Gasteiger partial charge in [0.25, 0.3) is 11.8 Å². The number of ether oxygens (including phenoxy) is 1. The van der Waals surface area contributed by atoms with E-state index in [2.05, 4.69) is 15.3 Å². The Hall–Kier alpha value is -3.29. The minimum Gasteiger partial charge on any atom is -0.444 e. The molecule has 0 spiro atoms. The normalized spacial score (nSPS) is 12.9. The van der Waals surface area contributed by atoms with Gasteiger partial charge in [-0.25, -0.2) is 14.9 Å². The number of rotatable bonds is 6. The van der Waals surface area contributed by atoms with Crippen LogP contribution in [0.5, 0.6) is 0 Å². The van der Waals surface area contributed by atoms with Gasteiger partial charge in [0.15, 0.2) is 6.73 Å². The van der Waals surface area contributed by atoms with Gasteiger partial charge in [0, 0.05) is 18.9 Å². The molecule has 0 aliphatic carbocycles. The molecule has 0 radical (unpaired) electrons. The van der Waals surface area contributed by atoms with Crippen molar-refractivity contribution in [2.24, 2.45) is 0 Å². The number of carbonyl (C=O) groups is 3. The van der Waals surface area contributed by atoms with Crippen LogP contribution in [0.4, 0.5) is 5.95 Å². The molecule has 1 aromatic heterocycles. The molecular formula is C16H14N4O4. The monoisotopic (exact) mass is 326 g/mol. The molecule has 1 aliphatic rings. The molecular weight excluding hydrogens is 312 g/mol. The minimum atomic E-state index is -0.532. The molecule has 24 heavy (non-hydrogen) atoms. The van der Waals surface area contributed by atoms with E-state index < -0.39 is 24.5 Å². The first-order valence-corrected chi connectivity index (χ1v) is 7.28. The summed E-state index contributed by atoms with van der Waals surface area (Å²) in [5.41, 5.74) is 0.642.